The molecule has 0 saturated carbocycles. The molecule has 1 fully saturated rings. The molecule has 2 aromatic carbocycles. The van der Waals surface area contributed by atoms with Crippen molar-refractivity contribution in [1.82, 2.24) is 15.0 Å². The predicted octanol–water partition coefficient (Wildman–Crippen LogP) is 3.99. The Morgan fingerprint density at radius 3 is 2.65 bits per heavy atom. The quantitative estimate of drug-likeness (QED) is 0.713. The number of rotatable bonds is 3. The first-order chi connectivity index (χ1) is 12.6. The van der Waals surface area contributed by atoms with Crippen LogP contribution in [0.1, 0.15) is 35.1 Å². The van der Waals surface area contributed by atoms with E-state index >= 15 is 0 Å². The molecule has 2 heterocycles. The number of hydrogen-bond acceptors (Lipinski definition) is 4. The fourth-order valence-electron chi connectivity index (χ4n) is 3.14. The second-order valence-electron chi connectivity index (χ2n) is 6.10. The Kier molecular flexibility index (Phi) is 4.20. The largest absolute Gasteiger partial charge is 0.337 e. The first-order valence-electron chi connectivity index (χ1n) is 8.28. The van der Waals surface area contributed by atoms with Gasteiger partial charge in [-0.3, -0.25) is 4.79 Å². The molecule has 7 heteroatoms. The normalized spacial score (nSPS) is 16.8. The third kappa shape index (κ3) is 2.96. The summed E-state index contributed by atoms with van der Waals surface area (Å²) in [5, 5.41) is 3.92. The lowest BCUT2D eigenvalue weighted by Crippen LogP contribution is -2.31. The van der Waals surface area contributed by atoms with Gasteiger partial charge in [-0.1, -0.05) is 17.3 Å². The zero-order valence-corrected chi connectivity index (χ0v) is 13.7. The summed E-state index contributed by atoms with van der Waals surface area (Å²) in [5.74, 6) is -0.681. The summed E-state index contributed by atoms with van der Waals surface area (Å²) < 4.78 is 32.3. The molecule has 1 atom stereocenters. The average Bonchev–Trinajstić information content (AvgIpc) is 3.31. The van der Waals surface area contributed by atoms with E-state index in [9.17, 15) is 13.6 Å². The highest BCUT2D eigenvalue weighted by Gasteiger charge is 2.35. The van der Waals surface area contributed by atoms with Crippen molar-refractivity contribution in [1.29, 1.82) is 0 Å². The minimum absolute atomic E-state index is 0.0256. The maximum absolute atomic E-state index is 14.0. The van der Waals surface area contributed by atoms with Crippen molar-refractivity contribution in [2.24, 2.45) is 0 Å². The van der Waals surface area contributed by atoms with Gasteiger partial charge in [0.2, 0.25) is 11.7 Å². The molecule has 3 aromatic rings. The molecular formula is C19H15F2N3O2. The van der Waals surface area contributed by atoms with E-state index in [1.54, 1.807) is 29.2 Å². The monoisotopic (exact) mass is 355 g/mol. The van der Waals surface area contributed by atoms with Crippen LogP contribution >= 0.6 is 0 Å². The van der Waals surface area contributed by atoms with Crippen molar-refractivity contribution in [3.8, 4) is 11.4 Å². The summed E-state index contributed by atoms with van der Waals surface area (Å²) in [6, 6.07) is 11.2. The summed E-state index contributed by atoms with van der Waals surface area (Å²) in [6.45, 7) is 0.492. The van der Waals surface area contributed by atoms with Crippen LogP contribution in [0.4, 0.5) is 8.78 Å². The van der Waals surface area contributed by atoms with Crippen LogP contribution in [0.15, 0.2) is 53.1 Å². The van der Waals surface area contributed by atoms with E-state index in [1.165, 1.54) is 24.3 Å². The minimum Gasteiger partial charge on any atom is -0.337 e. The summed E-state index contributed by atoms with van der Waals surface area (Å²) in [7, 11) is 0. The number of aromatic nitrogens is 2. The first-order valence-corrected chi connectivity index (χ1v) is 8.28. The number of carbonyl (C=O) groups excluding carboxylic acids is 1. The molecule has 132 valence electrons. The van der Waals surface area contributed by atoms with Crippen LogP contribution < -0.4 is 0 Å². The second kappa shape index (κ2) is 6.67. The maximum atomic E-state index is 14.0. The van der Waals surface area contributed by atoms with Gasteiger partial charge < -0.3 is 9.42 Å². The Labute approximate surface area is 148 Å². The highest BCUT2D eigenvalue weighted by molar-refractivity contribution is 5.94. The standard InChI is InChI=1S/C19H15F2N3O2/c20-13-9-7-12(8-10-13)17-22-18(26-23-17)16-6-3-11-24(16)19(25)14-4-1-2-5-15(14)21/h1-2,4-5,7-10,16H,3,6,11H2/t16-/m1/s1. The van der Waals surface area contributed by atoms with Gasteiger partial charge in [0.05, 0.1) is 5.56 Å². The topological polar surface area (TPSA) is 59.2 Å². The Morgan fingerprint density at radius 2 is 1.88 bits per heavy atom. The zero-order valence-electron chi connectivity index (χ0n) is 13.7. The summed E-state index contributed by atoms with van der Waals surface area (Å²) >= 11 is 0. The van der Waals surface area contributed by atoms with Crippen molar-refractivity contribution in [3.63, 3.8) is 0 Å². The van der Waals surface area contributed by atoms with E-state index in [1.807, 2.05) is 0 Å². The minimum atomic E-state index is -0.555. The maximum Gasteiger partial charge on any atom is 0.257 e. The van der Waals surface area contributed by atoms with Gasteiger partial charge in [0, 0.05) is 12.1 Å². The Morgan fingerprint density at radius 1 is 1.12 bits per heavy atom. The van der Waals surface area contributed by atoms with Gasteiger partial charge in [-0.15, -0.1) is 0 Å². The van der Waals surface area contributed by atoms with Crippen LogP contribution in [0.5, 0.6) is 0 Å². The second-order valence-corrected chi connectivity index (χ2v) is 6.10. The molecule has 1 amide bonds. The number of halogens is 2. The first kappa shape index (κ1) is 16.4. The fourth-order valence-corrected chi connectivity index (χ4v) is 3.14. The van der Waals surface area contributed by atoms with Crippen LogP contribution in [0.25, 0.3) is 11.4 Å². The summed E-state index contributed by atoms with van der Waals surface area (Å²) in [6.07, 6.45) is 1.42. The molecule has 0 spiro atoms. The van der Waals surface area contributed by atoms with Crippen molar-refractivity contribution in [2.45, 2.75) is 18.9 Å². The van der Waals surface area contributed by atoms with Crippen molar-refractivity contribution < 1.29 is 18.1 Å². The number of hydrogen-bond donors (Lipinski definition) is 0. The third-order valence-corrected chi connectivity index (χ3v) is 4.45. The smallest absolute Gasteiger partial charge is 0.257 e. The van der Waals surface area contributed by atoms with Crippen LogP contribution in [-0.4, -0.2) is 27.5 Å². The van der Waals surface area contributed by atoms with Gasteiger partial charge in [0.1, 0.15) is 17.7 Å². The van der Waals surface area contributed by atoms with Gasteiger partial charge in [0.15, 0.2) is 0 Å². The molecule has 0 N–H and O–H groups in total. The molecule has 0 unspecified atom stereocenters. The van der Waals surface area contributed by atoms with E-state index in [4.69, 9.17) is 4.52 Å². The lowest BCUT2D eigenvalue weighted by atomic mass is 10.1. The van der Waals surface area contributed by atoms with Gasteiger partial charge >= 0.3 is 0 Å². The molecule has 4 rings (SSSR count). The number of carbonyl (C=O) groups is 1. The van der Waals surface area contributed by atoms with Gasteiger partial charge in [-0.25, -0.2) is 8.78 Å². The SMILES string of the molecule is O=C(c1ccccc1F)N1CCC[C@@H]1c1nc(-c2ccc(F)cc2)no1. The van der Waals surface area contributed by atoms with Crippen molar-refractivity contribution in [2.75, 3.05) is 6.54 Å². The molecule has 1 aliphatic heterocycles. The van der Waals surface area contributed by atoms with E-state index in [0.29, 0.717) is 30.2 Å². The summed E-state index contributed by atoms with van der Waals surface area (Å²) in [5.41, 5.74) is 0.643. The molecule has 26 heavy (non-hydrogen) atoms. The number of benzene rings is 2. The van der Waals surface area contributed by atoms with Crippen molar-refractivity contribution >= 4 is 5.91 Å². The van der Waals surface area contributed by atoms with Gasteiger partial charge in [0.25, 0.3) is 5.91 Å². The number of likely N-dealkylation sites (tertiary alicyclic amines) is 1. The van der Waals surface area contributed by atoms with Crippen LogP contribution in [-0.2, 0) is 0 Å². The van der Waals surface area contributed by atoms with E-state index in [0.717, 1.165) is 6.42 Å². The highest BCUT2D eigenvalue weighted by Crippen LogP contribution is 2.33. The lowest BCUT2D eigenvalue weighted by molar-refractivity contribution is 0.0705. The molecule has 0 radical (unpaired) electrons. The lowest BCUT2D eigenvalue weighted by Gasteiger charge is -2.22. The van der Waals surface area contributed by atoms with Crippen LogP contribution in [0.2, 0.25) is 0 Å². The Balaban J connectivity index is 1.60. The molecule has 0 bridgehead atoms. The molecule has 1 saturated heterocycles. The molecule has 0 aliphatic carbocycles. The third-order valence-electron chi connectivity index (χ3n) is 4.45. The molecule has 5 nitrogen and oxygen atoms in total. The van der Waals surface area contributed by atoms with Gasteiger partial charge in [-0.05, 0) is 49.2 Å². The van der Waals surface area contributed by atoms with Gasteiger partial charge in [-0.2, -0.15) is 4.98 Å². The predicted molar refractivity (Wildman–Crippen MR) is 89.1 cm³/mol. The van der Waals surface area contributed by atoms with E-state index in [-0.39, 0.29) is 11.4 Å². The van der Waals surface area contributed by atoms with Crippen molar-refractivity contribution in [3.05, 3.63) is 71.6 Å². The van der Waals surface area contributed by atoms with Crippen LogP contribution in [0.3, 0.4) is 0 Å². The summed E-state index contributed by atoms with van der Waals surface area (Å²) in [4.78, 5) is 18.6. The van der Waals surface area contributed by atoms with E-state index < -0.39 is 17.8 Å². The number of amides is 1. The Bertz CT molecular complexity index is 940. The van der Waals surface area contributed by atoms with Crippen LogP contribution in [0, 0.1) is 11.6 Å². The highest BCUT2D eigenvalue weighted by atomic mass is 19.1. The zero-order chi connectivity index (χ0) is 18.1. The fraction of sp³-hybridized carbons (Fsp3) is 0.211. The number of nitrogens with zero attached hydrogens (tertiary/aromatic N) is 3. The van der Waals surface area contributed by atoms with E-state index in [2.05, 4.69) is 10.1 Å². The molecule has 1 aromatic heterocycles. The molecule has 1 aliphatic rings. The average molecular weight is 355 g/mol. The molecular weight excluding hydrogens is 340 g/mol. The Hall–Kier alpha value is -3.09.